The molecule has 114 valence electrons. The van der Waals surface area contributed by atoms with Gasteiger partial charge in [-0.2, -0.15) is 13.2 Å². The third-order valence-corrected chi connectivity index (χ3v) is 4.13. The van der Waals surface area contributed by atoms with Gasteiger partial charge < -0.3 is 5.32 Å². The first-order chi connectivity index (χ1) is 9.42. The fourth-order valence-corrected chi connectivity index (χ4v) is 2.97. The van der Waals surface area contributed by atoms with Gasteiger partial charge in [-0.1, -0.05) is 46.7 Å². The third-order valence-electron chi connectivity index (χ3n) is 2.87. The lowest BCUT2D eigenvalue weighted by molar-refractivity contribution is -0.0328. The summed E-state index contributed by atoms with van der Waals surface area (Å²) < 4.78 is 37.6. The fourth-order valence-electron chi connectivity index (χ4n) is 1.92. The number of rotatable bonds is 8. The van der Waals surface area contributed by atoms with E-state index in [2.05, 4.69) is 28.2 Å². The molecule has 0 saturated heterocycles. The standard InChI is InChI=1S/C14H19BrF3NS/c1-2-7-19-10-12(6-8-20-14(16,17)18)11-4-3-5-13(15)9-11/h3-5,9,12,19H,2,6-8,10H2,1H3. The van der Waals surface area contributed by atoms with E-state index in [1.807, 2.05) is 24.3 Å². The summed E-state index contributed by atoms with van der Waals surface area (Å²) in [6.07, 6.45) is 1.53. The molecule has 0 radical (unpaired) electrons. The molecule has 0 spiro atoms. The van der Waals surface area contributed by atoms with Crippen LogP contribution in [0.25, 0.3) is 0 Å². The lowest BCUT2D eigenvalue weighted by atomic mass is 9.96. The predicted octanol–water partition coefficient (Wildman–Crippen LogP) is 5.18. The van der Waals surface area contributed by atoms with Crippen molar-refractivity contribution in [3.63, 3.8) is 0 Å². The summed E-state index contributed by atoms with van der Waals surface area (Å²) in [5.74, 6) is 0.197. The van der Waals surface area contributed by atoms with Crippen LogP contribution < -0.4 is 5.32 Å². The van der Waals surface area contributed by atoms with E-state index in [0.29, 0.717) is 13.0 Å². The normalized spacial score (nSPS) is 13.4. The van der Waals surface area contributed by atoms with E-state index in [1.165, 1.54) is 0 Å². The Balaban J connectivity index is 2.60. The fraction of sp³-hybridized carbons (Fsp3) is 0.571. The first-order valence-corrected chi connectivity index (χ1v) is 8.37. The highest BCUT2D eigenvalue weighted by atomic mass is 79.9. The molecule has 0 aliphatic carbocycles. The summed E-state index contributed by atoms with van der Waals surface area (Å²) >= 11 is 3.47. The zero-order chi connectivity index (χ0) is 15.0. The van der Waals surface area contributed by atoms with Gasteiger partial charge in [0.05, 0.1) is 0 Å². The molecule has 0 fully saturated rings. The first-order valence-electron chi connectivity index (χ1n) is 6.59. The number of benzene rings is 1. The maximum atomic E-state index is 12.2. The minimum atomic E-state index is -4.14. The summed E-state index contributed by atoms with van der Waals surface area (Å²) in [4.78, 5) is 0. The van der Waals surface area contributed by atoms with Crippen molar-refractivity contribution in [3.8, 4) is 0 Å². The Morgan fingerprint density at radius 2 is 2.10 bits per heavy atom. The van der Waals surface area contributed by atoms with Crippen molar-refractivity contribution in [1.29, 1.82) is 0 Å². The second-order valence-electron chi connectivity index (χ2n) is 4.54. The van der Waals surface area contributed by atoms with Crippen molar-refractivity contribution in [2.75, 3.05) is 18.8 Å². The van der Waals surface area contributed by atoms with Gasteiger partial charge in [0, 0.05) is 16.8 Å². The number of hydrogen-bond acceptors (Lipinski definition) is 2. The van der Waals surface area contributed by atoms with E-state index in [1.54, 1.807) is 0 Å². The number of hydrogen-bond donors (Lipinski definition) is 1. The van der Waals surface area contributed by atoms with Crippen LogP contribution in [0, 0.1) is 0 Å². The van der Waals surface area contributed by atoms with Gasteiger partial charge in [0.15, 0.2) is 0 Å². The Morgan fingerprint density at radius 1 is 1.35 bits per heavy atom. The number of nitrogens with one attached hydrogen (secondary N) is 1. The van der Waals surface area contributed by atoms with E-state index in [4.69, 9.17) is 0 Å². The van der Waals surface area contributed by atoms with E-state index < -0.39 is 5.51 Å². The molecule has 0 aliphatic heterocycles. The van der Waals surface area contributed by atoms with E-state index >= 15 is 0 Å². The van der Waals surface area contributed by atoms with Crippen LogP contribution in [-0.2, 0) is 0 Å². The summed E-state index contributed by atoms with van der Waals surface area (Å²) in [7, 11) is 0. The maximum Gasteiger partial charge on any atom is 0.441 e. The quantitative estimate of drug-likeness (QED) is 0.633. The monoisotopic (exact) mass is 369 g/mol. The highest BCUT2D eigenvalue weighted by Gasteiger charge is 2.28. The van der Waals surface area contributed by atoms with Crippen molar-refractivity contribution in [2.45, 2.75) is 31.2 Å². The van der Waals surface area contributed by atoms with Gasteiger partial charge in [-0.05, 0) is 43.0 Å². The molecular formula is C14H19BrF3NS. The molecule has 1 aromatic carbocycles. The third kappa shape index (κ3) is 7.55. The summed E-state index contributed by atoms with van der Waals surface area (Å²) in [5, 5.41) is 3.29. The number of thioether (sulfide) groups is 1. The minimum absolute atomic E-state index is 0.0605. The minimum Gasteiger partial charge on any atom is -0.316 e. The lowest BCUT2D eigenvalue weighted by Gasteiger charge is -2.18. The average molecular weight is 370 g/mol. The number of halogens is 4. The van der Waals surface area contributed by atoms with Gasteiger partial charge >= 0.3 is 5.51 Å². The highest BCUT2D eigenvalue weighted by molar-refractivity contribution is 9.10. The Hall–Kier alpha value is -0.200. The van der Waals surface area contributed by atoms with Crippen molar-refractivity contribution >= 4 is 27.7 Å². The van der Waals surface area contributed by atoms with Gasteiger partial charge in [-0.3, -0.25) is 0 Å². The molecule has 1 atom stereocenters. The van der Waals surface area contributed by atoms with Crippen molar-refractivity contribution in [2.24, 2.45) is 0 Å². The zero-order valence-electron chi connectivity index (χ0n) is 11.3. The van der Waals surface area contributed by atoms with Crippen LogP contribution in [0.4, 0.5) is 13.2 Å². The van der Waals surface area contributed by atoms with Crippen LogP contribution >= 0.6 is 27.7 Å². The molecule has 0 amide bonds. The van der Waals surface area contributed by atoms with Crippen LogP contribution in [0.15, 0.2) is 28.7 Å². The molecule has 1 nitrogen and oxygen atoms in total. The topological polar surface area (TPSA) is 12.0 Å². The van der Waals surface area contributed by atoms with Crippen LogP contribution in [-0.4, -0.2) is 24.4 Å². The van der Waals surface area contributed by atoms with Crippen molar-refractivity contribution < 1.29 is 13.2 Å². The van der Waals surface area contributed by atoms with Crippen LogP contribution in [0.1, 0.15) is 31.2 Å². The Bertz CT molecular complexity index is 398. The molecule has 20 heavy (non-hydrogen) atoms. The molecular weight excluding hydrogens is 351 g/mol. The smallest absolute Gasteiger partial charge is 0.316 e. The van der Waals surface area contributed by atoms with E-state index in [-0.39, 0.29) is 23.4 Å². The predicted molar refractivity (Wildman–Crippen MR) is 83.2 cm³/mol. The van der Waals surface area contributed by atoms with Crippen LogP contribution in [0.2, 0.25) is 0 Å². The molecule has 1 unspecified atom stereocenters. The second kappa shape index (κ2) is 8.95. The summed E-state index contributed by atoms with van der Waals surface area (Å²) in [5.41, 5.74) is -3.07. The molecule has 1 aromatic rings. The molecule has 0 bridgehead atoms. The molecule has 6 heteroatoms. The summed E-state index contributed by atoms with van der Waals surface area (Å²) in [6.45, 7) is 3.67. The molecule has 0 aliphatic rings. The molecule has 0 aromatic heterocycles. The zero-order valence-corrected chi connectivity index (χ0v) is 13.7. The lowest BCUT2D eigenvalue weighted by Crippen LogP contribution is -2.23. The summed E-state index contributed by atoms with van der Waals surface area (Å²) in [6, 6.07) is 7.80. The Morgan fingerprint density at radius 3 is 2.70 bits per heavy atom. The van der Waals surface area contributed by atoms with Crippen molar-refractivity contribution in [3.05, 3.63) is 34.3 Å². The molecule has 1 rings (SSSR count). The molecule has 0 heterocycles. The Kier molecular flexibility index (Phi) is 7.99. The second-order valence-corrected chi connectivity index (χ2v) is 6.61. The van der Waals surface area contributed by atoms with E-state index in [9.17, 15) is 13.2 Å². The highest BCUT2D eigenvalue weighted by Crippen LogP contribution is 2.33. The van der Waals surface area contributed by atoms with Gasteiger partial charge in [0.1, 0.15) is 0 Å². The van der Waals surface area contributed by atoms with E-state index in [0.717, 1.165) is 23.0 Å². The molecule has 0 saturated carbocycles. The van der Waals surface area contributed by atoms with Crippen molar-refractivity contribution in [1.82, 2.24) is 5.32 Å². The van der Waals surface area contributed by atoms with Gasteiger partial charge in [0.25, 0.3) is 0 Å². The SMILES string of the molecule is CCCNCC(CCSC(F)(F)F)c1cccc(Br)c1. The largest absolute Gasteiger partial charge is 0.441 e. The van der Waals surface area contributed by atoms with Gasteiger partial charge in [-0.25, -0.2) is 0 Å². The van der Waals surface area contributed by atoms with Gasteiger partial charge in [0.2, 0.25) is 0 Å². The first kappa shape index (κ1) is 17.9. The van der Waals surface area contributed by atoms with Crippen LogP contribution in [0.3, 0.4) is 0 Å². The number of alkyl halides is 3. The average Bonchev–Trinajstić information content (AvgIpc) is 2.36. The molecule has 1 N–H and O–H groups in total. The maximum absolute atomic E-state index is 12.2. The van der Waals surface area contributed by atoms with Crippen LogP contribution in [0.5, 0.6) is 0 Å². The Labute approximate surface area is 130 Å². The van der Waals surface area contributed by atoms with Gasteiger partial charge in [-0.15, -0.1) is 0 Å².